The summed E-state index contributed by atoms with van der Waals surface area (Å²) in [5.41, 5.74) is 1.51. The number of likely N-dealkylation sites (tertiary alicyclic amines) is 2. The molecule has 13 nitrogen and oxygen atoms in total. The van der Waals surface area contributed by atoms with E-state index < -0.39 is 23.2 Å². The van der Waals surface area contributed by atoms with Gasteiger partial charge in [-0.1, -0.05) is 47.2 Å². The molecule has 5 rings (SSSR count). The molecular weight excluding hydrogens is 746 g/mol. The molecule has 2 fully saturated rings. The Bertz CT molecular complexity index is 1980. The van der Waals surface area contributed by atoms with E-state index in [1.54, 1.807) is 79.1 Å². The van der Waals surface area contributed by atoms with E-state index in [2.05, 4.69) is 20.6 Å². The van der Waals surface area contributed by atoms with Gasteiger partial charge in [0.2, 0.25) is 11.8 Å². The molecule has 3 unspecified atom stereocenters. The summed E-state index contributed by atoms with van der Waals surface area (Å²) in [4.78, 5) is 62.4. The van der Waals surface area contributed by atoms with Crippen LogP contribution in [0.4, 0.5) is 16.2 Å². The smallest absolute Gasteiger partial charge is 0.410 e. The first-order valence-electron chi connectivity index (χ1n) is 19.1. The molecule has 3 aromatic rings. The summed E-state index contributed by atoms with van der Waals surface area (Å²) in [7, 11) is 0. The SMILES string of the molecule is CC(C)(C)OC(=O)c1ccc(NC(=O)C2C(c3ccccc3)CC(C3CCN(C(=O)OC(C)(C)C)CC3)CN2C(=O)/C=C/c2cc(Cl)ccc2N=CN=NN)cc1. The van der Waals surface area contributed by atoms with Gasteiger partial charge in [-0.05, 0) is 127 Å². The molecule has 0 bridgehead atoms. The van der Waals surface area contributed by atoms with Gasteiger partial charge in [0.05, 0.1) is 11.3 Å². The average molecular weight is 798 g/mol. The summed E-state index contributed by atoms with van der Waals surface area (Å²) in [5.74, 6) is 3.77. The van der Waals surface area contributed by atoms with Gasteiger partial charge in [0.25, 0.3) is 0 Å². The molecule has 3 aromatic carbocycles. The molecule has 57 heavy (non-hydrogen) atoms. The first-order chi connectivity index (χ1) is 27.0. The highest BCUT2D eigenvalue weighted by Crippen LogP contribution is 2.42. The fourth-order valence-electron chi connectivity index (χ4n) is 7.30. The number of rotatable bonds is 9. The quantitative estimate of drug-likeness (QED) is 0.0416. The highest BCUT2D eigenvalue weighted by Gasteiger charge is 2.45. The Hall–Kier alpha value is -5.56. The highest BCUT2D eigenvalue weighted by atomic mass is 35.5. The minimum absolute atomic E-state index is 0.0264. The Morgan fingerprint density at radius 1 is 0.877 bits per heavy atom. The fourth-order valence-corrected chi connectivity index (χ4v) is 7.48. The lowest BCUT2D eigenvalue weighted by Crippen LogP contribution is -2.57. The molecule has 2 aliphatic heterocycles. The summed E-state index contributed by atoms with van der Waals surface area (Å²) < 4.78 is 11.1. The number of nitrogens with two attached hydrogens (primary N) is 1. The molecule has 0 radical (unpaired) electrons. The number of esters is 1. The summed E-state index contributed by atoms with van der Waals surface area (Å²) in [6.07, 6.45) is 6.01. The van der Waals surface area contributed by atoms with Gasteiger partial charge in [-0.15, -0.1) is 5.11 Å². The van der Waals surface area contributed by atoms with Crippen LogP contribution in [0, 0.1) is 11.8 Å². The minimum Gasteiger partial charge on any atom is -0.456 e. The molecule has 3 N–H and O–H groups in total. The number of hydrogen-bond acceptors (Lipinski definition) is 8. The van der Waals surface area contributed by atoms with Crippen molar-refractivity contribution in [2.75, 3.05) is 25.0 Å². The predicted octanol–water partition coefficient (Wildman–Crippen LogP) is 8.58. The average Bonchev–Trinajstić information content (AvgIpc) is 3.16. The molecule has 14 heteroatoms. The maximum Gasteiger partial charge on any atom is 0.410 e. The summed E-state index contributed by atoms with van der Waals surface area (Å²) in [5, 5.41) is 10.3. The number of benzene rings is 3. The normalized spacial score (nSPS) is 19.6. The maximum atomic E-state index is 14.6. The van der Waals surface area contributed by atoms with E-state index in [4.69, 9.17) is 26.9 Å². The number of carbonyl (C=O) groups excluding carboxylic acids is 4. The Labute approximate surface area is 339 Å². The zero-order valence-corrected chi connectivity index (χ0v) is 34.1. The predicted molar refractivity (Wildman–Crippen MR) is 221 cm³/mol. The van der Waals surface area contributed by atoms with E-state index in [0.29, 0.717) is 53.6 Å². The zero-order chi connectivity index (χ0) is 41.3. The lowest BCUT2D eigenvalue weighted by atomic mass is 9.71. The first kappa shape index (κ1) is 42.6. The number of aliphatic imine (C=N–C) groups is 1. The van der Waals surface area contributed by atoms with Gasteiger partial charge >= 0.3 is 12.1 Å². The van der Waals surface area contributed by atoms with Crippen LogP contribution >= 0.6 is 11.6 Å². The largest absolute Gasteiger partial charge is 0.456 e. The number of piperidine rings is 2. The van der Waals surface area contributed by atoms with Crippen LogP contribution in [0.25, 0.3) is 6.08 Å². The maximum absolute atomic E-state index is 14.6. The van der Waals surface area contributed by atoms with Crippen LogP contribution in [0.3, 0.4) is 0 Å². The van der Waals surface area contributed by atoms with Crippen LogP contribution in [0.15, 0.2) is 94.2 Å². The number of halogens is 1. The Morgan fingerprint density at radius 2 is 1.54 bits per heavy atom. The van der Waals surface area contributed by atoms with Gasteiger partial charge in [-0.3, -0.25) is 9.59 Å². The van der Waals surface area contributed by atoms with Crippen molar-refractivity contribution >= 4 is 59.3 Å². The molecule has 0 saturated carbocycles. The van der Waals surface area contributed by atoms with Crippen molar-refractivity contribution < 1.29 is 28.7 Å². The molecule has 3 atom stereocenters. The molecule has 2 saturated heterocycles. The minimum atomic E-state index is -0.894. The topological polar surface area (TPSA) is 168 Å². The fraction of sp³-hybridized carbons (Fsp3) is 0.419. The third kappa shape index (κ3) is 12.0. The molecule has 3 amide bonds. The molecule has 0 spiro atoms. The van der Waals surface area contributed by atoms with Gasteiger partial charge < -0.3 is 30.4 Å². The molecular formula is C43H52ClN7O6. The number of nitrogens with one attached hydrogen (secondary N) is 1. The van der Waals surface area contributed by atoms with E-state index in [-0.39, 0.29) is 35.7 Å². The second-order valence-electron chi connectivity index (χ2n) is 16.3. The van der Waals surface area contributed by atoms with Crippen LogP contribution in [0.1, 0.15) is 88.2 Å². The van der Waals surface area contributed by atoms with Gasteiger partial charge in [-0.25, -0.2) is 14.6 Å². The van der Waals surface area contributed by atoms with Crippen LogP contribution in [0.5, 0.6) is 0 Å². The summed E-state index contributed by atoms with van der Waals surface area (Å²) >= 11 is 6.34. The van der Waals surface area contributed by atoms with Crippen molar-refractivity contribution in [2.24, 2.45) is 33.0 Å². The summed E-state index contributed by atoms with van der Waals surface area (Å²) in [6, 6.07) is 20.4. The van der Waals surface area contributed by atoms with Crippen molar-refractivity contribution in [3.05, 3.63) is 101 Å². The van der Waals surface area contributed by atoms with E-state index >= 15 is 0 Å². The van der Waals surface area contributed by atoms with Gasteiger partial charge in [0.1, 0.15) is 23.6 Å². The third-order valence-electron chi connectivity index (χ3n) is 9.84. The Kier molecular flexibility index (Phi) is 13.9. The van der Waals surface area contributed by atoms with Crippen molar-refractivity contribution in [2.45, 2.75) is 84.0 Å². The Morgan fingerprint density at radius 3 is 2.18 bits per heavy atom. The molecule has 2 aliphatic rings. The van der Waals surface area contributed by atoms with Gasteiger partial charge in [-0.2, -0.15) is 0 Å². The van der Waals surface area contributed by atoms with Crippen LogP contribution < -0.4 is 11.2 Å². The monoisotopic (exact) mass is 797 g/mol. The van der Waals surface area contributed by atoms with E-state index in [9.17, 15) is 19.2 Å². The van der Waals surface area contributed by atoms with Gasteiger partial charge in [0, 0.05) is 47.9 Å². The van der Waals surface area contributed by atoms with Crippen LogP contribution in [-0.2, 0) is 19.1 Å². The lowest BCUT2D eigenvalue weighted by Gasteiger charge is -2.47. The van der Waals surface area contributed by atoms with Crippen LogP contribution in [-0.4, -0.2) is 76.9 Å². The van der Waals surface area contributed by atoms with Crippen molar-refractivity contribution in [1.82, 2.24) is 9.80 Å². The van der Waals surface area contributed by atoms with E-state index in [1.165, 1.54) is 12.4 Å². The second kappa shape index (κ2) is 18.6. The third-order valence-corrected chi connectivity index (χ3v) is 10.1. The molecule has 0 aromatic heterocycles. The Balaban J connectivity index is 1.47. The first-order valence-corrected chi connectivity index (χ1v) is 19.5. The number of carbonyl (C=O) groups is 4. The summed E-state index contributed by atoms with van der Waals surface area (Å²) in [6.45, 7) is 12.3. The van der Waals surface area contributed by atoms with Crippen molar-refractivity contribution in [3.8, 4) is 0 Å². The van der Waals surface area contributed by atoms with E-state index in [0.717, 1.165) is 18.4 Å². The molecule has 2 heterocycles. The number of nitrogens with zero attached hydrogens (tertiary/aromatic N) is 5. The van der Waals surface area contributed by atoms with Crippen molar-refractivity contribution in [1.29, 1.82) is 0 Å². The van der Waals surface area contributed by atoms with E-state index in [1.807, 2.05) is 51.1 Å². The lowest BCUT2D eigenvalue weighted by molar-refractivity contribution is -0.139. The molecule has 0 aliphatic carbocycles. The van der Waals surface area contributed by atoms with Gasteiger partial charge in [0.15, 0.2) is 0 Å². The second-order valence-corrected chi connectivity index (χ2v) is 16.8. The standard InChI is InChI=1S/C43H52ClN7O6/c1-42(2,3)56-40(54)30-12-16-34(17-13-30)48-39(53)38-35(29-10-8-7-9-11-29)25-32(28-20-22-50(23-21-28)41(55)57-43(4,5)6)26-51(38)37(52)19-14-31-24-33(44)15-18-36(31)46-27-47-49-45/h7-19,24,27-28,32,35,38H,20-23,25-26H2,1-6H3,(H,48,53)(H2,45,46,47)/b19-14+. The number of ether oxygens (including phenoxy) is 2. The number of hydrogen-bond donors (Lipinski definition) is 2. The zero-order valence-electron chi connectivity index (χ0n) is 33.4. The molecule has 302 valence electrons. The highest BCUT2D eigenvalue weighted by molar-refractivity contribution is 6.30. The van der Waals surface area contributed by atoms with Crippen LogP contribution in [0.2, 0.25) is 5.02 Å². The van der Waals surface area contributed by atoms with Crippen molar-refractivity contribution in [3.63, 3.8) is 0 Å². The number of amides is 3. The number of anilines is 1.